The molecule has 2 aliphatic rings. The van der Waals surface area contributed by atoms with Crippen molar-refractivity contribution in [1.82, 2.24) is 19.9 Å². The van der Waals surface area contributed by atoms with Crippen molar-refractivity contribution in [3.63, 3.8) is 0 Å². The van der Waals surface area contributed by atoms with Gasteiger partial charge < -0.3 is 16.2 Å². The number of hydrogen-bond donors (Lipinski definition) is 3. The zero-order valence-corrected chi connectivity index (χ0v) is 17.3. The summed E-state index contributed by atoms with van der Waals surface area (Å²) in [6.07, 6.45) is -4.79. The third-order valence-corrected chi connectivity index (χ3v) is 6.59. The number of nitrogens with one attached hydrogen (secondary N) is 1. The first-order valence-corrected chi connectivity index (χ1v) is 10.4. The predicted molar refractivity (Wildman–Crippen MR) is 103 cm³/mol. The average molecular weight is 475 g/mol. The summed E-state index contributed by atoms with van der Waals surface area (Å²) in [6.45, 7) is 0. The molecule has 8 nitrogen and oxygen atoms in total. The standard InChI is InChI=1S/C20H22F5N5O3/c21-19(22)5-3-10(4-6-19)15(26)12-9-30-14(27-12)2-1-11(29-30)7-18(17(32)33)8-13(20(23,24)25)28-16(18)31/h1-2,9-10,13,15H,3-8,26H2,(H,28,31)(H,32,33)/t13-,15-,18+/m0/s1. The van der Waals surface area contributed by atoms with Gasteiger partial charge >= 0.3 is 12.1 Å². The maximum Gasteiger partial charge on any atom is 0.408 e. The second-order valence-electron chi connectivity index (χ2n) is 8.85. The highest BCUT2D eigenvalue weighted by molar-refractivity contribution is 6.04. The van der Waals surface area contributed by atoms with Gasteiger partial charge in [-0.05, 0) is 30.9 Å². The Hall–Kier alpha value is -2.83. The number of carboxylic acids is 1. The van der Waals surface area contributed by atoms with Crippen LogP contribution >= 0.6 is 0 Å². The third kappa shape index (κ3) is 4.37. The summed E-state index contributed by atoms with van der Waals surface area (Å²) in [7, 11) is 0. The van der Waals surface area contributed by atoms with Crippen LogP contribution in [0.4, 0.5) is 22.0 Å². The monoisotopic (exact) mass is 475 g/mol. The molecule has 13 heteroatoms. The van der Waals surface area contributed by atoms with Gasteiger partial charge in [-0.25, -0.2) is 18.3 Å². The second kappa shape index (κ2) is 7.89. The number of carbonyl (C=O) groups excluding carboxylic acids is 1. The summed E-state index contributed by atoms with van der Waals surface area (Å²) >= 11 is 0. The number of aliphatic carboxylic acids is 1. The van der Waals surface area contributed by atoms with Crippen molar-refractivity contribution < 1.29 is 36.6 Å². The number of nitrogens with two attached hydrogens (primary N) is 1. The molecule has 3 atom stereocenters. The van der Waals surface area contributed by atoms with Gasteiger partial charge in [0.25, 0.3) is 0 Å². The molecule has 1 aliphatic carbocycles. The molecule has 4 rings (SSSR count). The van der Waals surface area contributed by atoms with Gasteiger partial charge in [-0.15, -0.1) is 0 Å². The van der Waals surface area contributed by atoms with E-state index in [1.807, 2.05) is 0 Å². The molecule has 0 unspecified atom stereocenters. The minimum absolute atomic E-state index is 0.0812. The quantitative estimate of drug-likeness (QED) is 0.451. The van der Waals surface area contributed by atoms with Crippen LogP contribution in [0, 0.1) is 11.3 Å². The number of carbonyl (C=O) groups is 2. The Bertz CT molecular complexity index is 1080. The summed E-state index contributed by atoms with van der Waals surface area (Å²) in [5, 5.41) is 15.5. The van der Waals surface area contributed by atoms with Crippen LogP contribution in [-0.2, 0) is 16.0 Å². The van der Waals surface area contributed by atoms with Gasteiger partial charge in [-0.2, -0.15) is 18.3 Å². The van der Waals surface area contributed by atoms with E-state index in [0.717, 1.165) is 0 Å². The molecule has 0 bridgehead atoms. The number of aromatic nitrogens is 3. The molecule has 3 heterocycles. The molecular weight excluding hydrogens is 453 g/mol. The van der Waals surface area contributed by atoms with Gasteiger partial charge in [-0.1, -0.05) is 0 Å². The topological polar surface area (TPSA) is 123 Å². The van der Waals surface area contributed by atoms with Crippen LogP contribution in [0.15, 0.2) is 18.3 Å². The average Bonchev–Trinajstić information content (AvgIpc) is 3.29. The van der Waals surface area contributed by atoms with Crippen molar-refractivity contribution in [2.24, 2.45) is 17.1 Å². The van der Waals surface area contributed by atoms with E-state index in [2.05, 4.69) is 10.1 Å². The Kier molecular flexibility index (Phi) is 5.58. The molecule has 2 aromatic rings. The summed E-state index contributed by atoms with van der Waals surface area (Å²) in [5.74, 6) is -5.77. The van der Waals surface area contributed by atoms with Crippen LogP contribution in [0.2, 0.25) is 0 Å². The number of rotatable bonds is 5. The van der Waals surface area contributed by atoms with E-state index in [0.29, 0.717) is 11.3 Å². The molecule has 1 amide bonds. The zero-order chi connectivity index (χ0) is 24.2. The lowest BCUT2D eigenvalue weighted by Gasteiger charge is -2.31. The first-order valence-electron chi connectivity index (χ1n) is 10.4. The van der Waals surface area contributed by atoms with E-state index < -0.39 is 54.3 Å². The van der Waals surface area contributed by atoms with Crippen LogP contribution in [0.3, 0.4) is 0 Å². The molecule has 0 spiro atoms. The van der Waals surface area contributed by atoms with Gasteiger partial charge in [0.2, 0.25) is 11.8 Å². The Morgan fingerprint density at radius 2 is 1.97 bits per heavy atom. The smallest absolute Gasteiger partial charge is 0.408 e. The van der Waals surface area contributed by atoms with Gasteiger partial charge in [-0.3, -0.25) is 9.59 Å². The molecule has 1 aliphatic heterocycles. The number of halogens is 5. The van der Waals surface area contributed by atoms with Crippen LogP contribution in [0.25, 0.3) is 5.65 Å². The summed E-state index contributed by atoms with van der Waals surface area (Å²) in [6, 6.07) is 0.00450. The van der Waals surface area contributed by atoms with Crippen LogP contribution in [0.1, 0.15) is 49.5 Å². The Morgan fingerprint density at radius 3 is 2.55 bits per heavy atom. The molecule has 0 radical (unpaired) electrons. The number of hydrogen-bond acceptors (Lipinski definition) is 5. The molecule has 33 heavy (non-hydrogen) atoms. The largest absolute Gasteiger partial charge is 0.480 e. The molecule has 1 saturated carbocycles. The zero-order valence-electron chi connectivity index (χ0n) is 17.3. The molecule has 180 valence electrons. The summed E-state index contributed by atoms with van der Waals surface area (Å²) < 4.78 is 67.4. The summed E-state index contributed by atoms with van der Waals surface area (Å²) in [4.78, 5) is 28.5. The fourth-order valence-electron chi connectivity index (χ4n) is 4.57. The van der Waals surface area contributed by atoms with Crippen molar-refractivity contribution in [1.29, 1.82) is 0 Å². The van der Waals surface area contributed by atoms with Gasteiger partial charge in [0, 0.05) is 25.7 Å². The highest BCUT2D eigenvalue weighted by atomic mass is 19.4. The molecule has 0 aromatic carbocycles. The highest BCUT2D eigenvalue weighted by Gasteiger charge is 2.59. The number of nitrogens with zero attached hydrogens (tertiary/aromatic N) is 3. The molecule has 4 N–H and O–H groups in total. The molecule has 1 saturated heterocycles. The maximum atomic E-state index is 13.4. The Labute approximate surface area is 184 Å². The van der Waals surface area contributed by atoms with Crippen LogP contribution in [0.5, 0.6) is 0 Å². The van der Waals surface area contributed by atoms with Crippen molar-refractivity contribution in [2.75, 3.05) is 0 Å². The lowest BCUT2D eigenvalue weighted by atomic mass is 9.80. The van der Waals surface area contributed by atoms with Crippen molar-refractivity contribution in [3.8, 4) is 0 Å². The minimum atomic E-state index is -4.78. The van der Waals surface area contributed by atoms with E-state index in [4.69, 9.17) is 5.73 Å². The predicted octanol–water partition coefficient (Wildman–Crippen LogP) is 2.62. The number of alkyl halides is 5. The van der Waals surface area contributed by atoms with Crippen LogP contribution in [-0.4, -0.2) is 49.7 Å². The third-order valence-electron chi connectivity index (χ3n) is 6.59. The normalized spacial score (nSPS) is 27.0. The highest BCUT2D eigenvalue weighted by Crippen LogP contribution is 2.41. The lowest BCUT2D eigenvalue weighted by Crippen LogP contribution is -2.41. The summed E-state index contributed by atoms with van der Waals surface area (Å²) in [5.41, 5.74) is 4.77. The first-order chi connectivity index (χ1) is 15.3. The Balaban J connectivity index is 1.56. The lowest BCUT2D eigenvalue weighted by molar-refractivity contribution is -0.158. The number of carboxylic acid groups (broad SMARTS) is 1. The van der Waals surface area contributed by atoms with E-state index >= 15 is 0 Å². The van der Waals surface area contributed by atoms with Crippen molar-refractivity contribution >= 4 is 17.5 Å². The number of fused-ring (bicyclic) bond motifs is 1. The fourth-order valence-corrected chi connectivity index (χ4v) is 4.57. The molecular formula is C20H22F5N5O3. The van der Waals surface area contributed by atoms with Crippen LogP contribution < -0.4 is 11.1 Å². The number of imidazole rings is 1. The van der Waals surface area contributed by atoms with E-state index in [9.17, 15) is 36.6 Å². The van der Waals surface area contributed by atoms with Gasteiger partial charge in [0.1, 0.15) is 6.04 Å². The fraction of sp³-hybridized carbons (Fsp3) is 0.600. The van der Waals surface area contributed by atoms with Gasteiger partial charge in [0.05, 0.1) is 23.6 Å². The second-order valence-corrected chi connectivity index (χ2v) is 8.85. The van der Waals surface area contributed by atoms with Crippen molar-refractivity contribution in [2.45, 2.75) is 62.7 Å². The molecule has 2 aromatic heterocycles. The van der Waals surface area contributed by atoms with E-state index in [1.54, 1.807) is 5.32 Å². The van der Waals surface area contributed by atoms with Crippen molar-refractivity contribution in [3.05, 3.63) is 29.7 Å². The maximum absolute atomic E-state index is 13.4. The minimum Gasteiger partial charge on any atom is -0.480 e. The van der Waals surface area contributed by atoms with E-state index in [1.165, 1.54) is 22.8 Å². The first kappa shape index (κ1) is 23.3. The SMILES string of the molecule is N[C@H](c1cn2nc(C[C@@]3(C(=O)O)C[C@@H](C(F)(F)F)NC3=O)ccc2n1)C1CCC(F)(F)CC1. The van der Waals surface area contributed by atoms with E-state index in [-0.39, 0.29) is 37.3 Å². The van der Waals surface area contributed by atoms with Gasteiger partial charge in [0.15, 0.2) is 11.1 Å². The Morgan fingerprint density at radius 1 is 1.30 bits per heavy atom. The number of amides is 1. The molecule has 2 fully saturated rings.